The minimum Gasteiger partial charge on any atom is -0.379 e. The molecule has 3 heterocycles. The Hall–Kier alpha value is -1.40. The van der Waals surface area contributed by atoms with Crippen LogP contribution in [0.5, 0.6) is 0 Å². The van der Waals surface area contributed by atoms with Crippen LogP contribution < -0.4 is 0 Å². The van der Waals surface area contributed by atoms with Crippen LogP contribution >= 0.6 is 0 Å². The predicted molar refractivity (Wildman–Crippen MR) is 86.6 cm³/mol. The standard InChI is InChI=1S/C17H27N3O3/c1-11(2)16-15(13(4)18-23-16)17(21)20-9-12(3)14(10-20)19-5-7-22-8-6-19/h11-12,14H,5-10H2,1-4H3. The number of nitrogens with zero attached hydrogens (tertiary/aromatic N) is 3. The Labute approximate surface area is 137 Å². The summed E-state index contributed by atoms with van der Waals surface area (Å²) in [5, 5.41) is 4.01. The lowest BCUT2D eigenvalue weighted by atomic mass is 10.0. The van der Waals surface area contributed by atoms with Crippen molar-refractivity contribution in [3.05, 3.63) is 17.0 Å². The summed E-state index contributed by atoms with van der Waals surface area (Å²) in [5.74, 6) is 1.40. The lowest BCUT2D eigenvalue weighted by Crippen LogP contribution is -2.47. The maximum Gasteiger partial charge on any atom is 0.259 e. The van der Waals surface area contributed by atoms with Crippen molar-refractivity contribution in [3.63, 3.8) is 0 Å². The minimum absolute atomic E-state index is 0.0649. The van der Waals surface area contributed by atoms with E-state index in [4.69, 9.17) is 9.26 Å². The topological polar surface area (TPSA) is 58.8 Å². The Balaban J connectivity index is 1.75. The van der Waals surface area contributed by atoms with Crippen molar-refractivity contribution in [2.24, 2.45) is 5.92 Å². The molecule has 23 heavy (non-hydrogen) atoms. The second-order valence-electron chi connectivity index (χ2n) is 7.07. The van der Waals surface area contributed by atoms with Crippen molar-refractivity contribution in [1.29, 1.82) is 0 Å². The van der Waals surface area contributed by atoms with Gasteiger partial charge in [-0.1, -0.05) is 25.9 Å². The summed E-state index contributed by atoms with van der Waals surface area (Å²) in [4.78, 5) is 17.4. The molecule has 0 N–H and O–H groups in total. The number of hydrogen-bond acceptors (Lipinski definition) is 5. The summed E-state index contributed by atoms with van der Waals surface area (Å²) in [7, 11) is 0. The van der Waals surface area contributed by atoms with E-state index in [-0.39, 0.29) is 11.8 Å². The molecule has 1 aromatic rings. The molecular formula is C17H27N3O3. The van der Waals surface area contributed by atoms with Gasteiger partial charge in [0.2, 0.25) is 0 Å². The van der Waals surface area contributed by atoms with Crippen molar-refractivity contribution in [2.45, 2.75) is 39.7 Å². The van der Waals surface area contributed by atoms with Crippen LogP contribution in [0.15, 0.2) is 4.52 Å². The third-order valence-electron chi connectivity index (χ3n) is 5.00. The van der Waals surface area contributed by atoms with Crippen LogP contribution in [0.2, 0.25) is 0 Å². The fraction of sp³-hybridized carbons (Fsp3) is 0.765. The van der Waals surface area contributed by atoms with Crippen LogP contribution in [0.3, 0.4) is 0 Å². The molecule has 0 aromatic carbocycles. The molecule has 2 unspecified atom stereocenters. The average Bonchev–Trinajstić information content (AvgIpc) is 3.11. The van der Waals surface area contributed by atoms with Crippen LogP contribution in [0, 0.1) is 12.8 Å². The predicted octanol–water partition coefficient (Wildman–Crippen LogP) is 1.90. The zero-order chi connectivity index (χ0) is 16.6. The summed E-state index contributed by atoms with van der Waals surface area (Å²) in [6.45, 7) is 13.2. The Kier molecular flexibility index (Phi) is 4.73. The Morgan fingerprint density at radius 1 is 1.26 bits per heavy atom. The number of carbonyl (C=O) groups excluding carboxylic acids is 1. The first-order valence-corrected chi connectivity index (χ1v) is 8.56. The molecule has 0 spiro atoms. The van der Waals surface area contributed by atoms with Crippen LogP contribution in [0.4, 0.5) is 0 Å². The van der Waals surface area contributed by atoms with Gasteiger partial charge in [-0.25, -0.2) is 0 Å². The molecule has 2 aliphatic heterocycles. The van der Waals surface area contributed by atoms with Crippen molar-refractivity contribution in [1.82, 2.24) is 15.0 Å². The summed E-state index contributed by atoms with van der Waals surface area (Å²) < 4.78 is 10.8. The molecule has 2 saturated heterocycles. The highest BCUT2D eigenvalue weighted by Gasteiger charge is 2.38. The number of ether oxygens (including phenoxy) is 1. The molecule has 6 heteroatoms. The monoisotopic (exact) mass is 321 g/mol. The van der Waals surface area contributed by atoms with E-state index < -0.39 is 0 Å². The molecule has 0 saturated carbocycles. The Bertz CT molecular complexity index is 563. The number of morpholine rings is 1. The summed E-state index contributed by atoms with van der Waals surface area (Å²) >= 11 is 0. The summed E-state index contributed by atoms with van der Waals surface area (Å²) in [6, 6.07) is 0.422. The highest BCUT2D eigenvalue weighted by atomic mass is 16.5. The Morgan fingerprint density at radius 2 is 1.96 bits per heavy atom. The fourth-order valence-electron chi connectivity index (χ4n) is 3.70. The highest BCUT2D eigenvalue weighted by Crippen LogP contribution is 2.28. The number of carbonyl (C=O) groups is 1. The van der Waals surface area contributed by atoms with Crippen molar-refractivity contribution in [2.75, 3.05) is 39.4 Å². The normalized spacial score (nSPS) is 26.2. The van der Waals surface area contributed by atoms with Gasteiger partial charge >= 0.3 is 0 Å². The molecule has 0 radical (unpaired) electrons. The van der Waals surface area contributed by atoms with Gasteiger partial charge in [0.05, 0.1) is 18.9 Å². The quantitative estimate of drug-likeness (QED) is 0.851. The van der Waals surface area contributed by atoms with Gasteiger partial charge in [0.15, 0.2) is 5.76 Å². The van der Waals surface area contributed by atoms with E-state index in [1.54, 1.807) is 0 Å². The maximum atomic E-state index is 13.0. The van der Waals surface area contributed by atoms with E-state index in [0.717, 1.165) is 39.4 Å². The van der Waals surface area contributed by atoms with Crippen LogP contribution in [-0.4, -0.2) is 66.3 Å². The SMILES string of the molecule is Cc1noc(C(C)C)c1C(=O)N1CC(C)C(N2CCOCC2)C1. The first-order valence-electron chi connectivity index (χ1n) is 8.56. The number of likely N-dealkylation sites (tertiary alicyclic amines) is 1. The van der Waals surface area contributed by atoms with Crippen molar-refractivity contribution >= 4 is 5.91 Å². The van der Waals surface area contributed by atoms with Crippen molar-refractivity contribution < 1.29 is 14.1 Å². The zero-order valence-electron chi connectivity index (χ0n) is 14.5. The molecule has 3 rings (SSSR count). The third-order valence-corrected chi connectivity index (χ3v) is 5.00. The third kappa shape index (κ3) is 3.15. The molecule has 128 valence electrons. The van der Waals surface area contributed by atoms with Gasteiger partial charge < -0.3 is 14.2 Å². The second-order valence-corrected chi connectivity index (χ2v) is 7.07. The van der Waals surface area contributed by atoms with E-state index in [2.05, 4.69) is 17.0 Å². The zero-order valence-corrected chi connectivity index (χ0v) is 14.5. The number of aryl methyl sites for hydroxylation is 1. The average molecular weight is 321 g/mol. The highest BCUT2D eigenvalue weighted by molar-refractivity contribution is 5.96. The van der Waals surface area contributed by atoms with Crippen LogP contribution in [-0.2, 0) is 4.74 Å². The van der Waals surface area contributed by atoms with E-state index in [1.807, 2.05) is 25.7 Å². The molecule has 2 aliphatic rings. The number of rotatable bonds is 3. The van der Waals surface area contributed by atoms with Gasteiger partial charge in [-0.3, -0.25) is 9.69 Å². The van der Waals surface area contributed by atoms with E-state index >= 15 is 0 Å². The van der Waals surface area contributed by atoms with Gasteiger partial charge in [0, 0.05) is 38.1 Å². The second kappa shape index (κ2) is 6.61. The number of aromatic nitrogens is 1. The van der Waals surface area contributed by atoms with E-state index in [9.17, 15) is 4.79 Å². The molecule has 2 fully saturated rings. The molecule has 1 aromatic heterocycles. The lowest BCUT2D eigenvalue weighted by Gasteiger charge is -2.33. The van der Waals surface area contributed by atoms with Gasteiger partial charge in [-0.15, -0.1) is 0 Å². The van der Waals surface area contributed by atoms with Crippen molar-refractivity contribution in [3.8, 4) is 0 Å². The number of amides is 1. The molecule has 2 atom stereocenters. The smallest absolute Gasteiger partial charge is 0.259 e. The first-order chi connectivity index (χ1) is 11.0. The molecule has 0 aliphatic carbocycles. The molecule has 6 nitrogen and oxygen atoms in total. The fourth-order valence-corrected chi connectivity index (χ4v) is 3.70. The van der Waals surface area contributed by atoms with Crippen LogP contribution in [0.1, 0.15) is 48.5 Å². The van der Waals surface area contributed by atoms with Gasteiger partial charge in [-0.2, -0.15) is 0 Å². The van der Waals surface area contributed by atoms with Crippen LogP contribution in [0.25, 0.3) is 0 Å². The molecule has 1 amide bonds. The largest absolute Gasteiger partial charge is 0.379 e. The Morgan fingerprint density at radius 3 is 2.61 bits per heavy atom. The molecular weight excluding hydrogens is 294 g/mol. The van der Waals surface area contributed by atoms with E-state index in [0.29, 0.717) is 29.0 Å². The summed E-state index contributed by atoms with van der Waals surface area (Å²) in [6.07, 6.45) is 0. The first kappa shape index (κ1) is 16.5. The van der Waals surface area contributed by atoms with Gasteiger partial charge in [0.25, 0.3) is 5.91 Å². The lowest BCUT2D eigenvalue weighted by molar-refractivity contribution is 0.0119. The molecule has 0 bridgehead atoms. The minimum atomic E-state index is 0.0649. The number of hydrogen-bond donors (Lipinski definition) is 0. The van der Waals surface area contributed by atoms with E-state index in [1.165, 1.54) is 0 Å². The van der Waals surface area contributed by atoms with Gasteiger partial charge in [0.1, 0.15) is 5.56 Å². The maximum absolute atomic E-state index is 13.0. The van der Waals surface area contributed by atoms with Gasteiger partial charge in [-0.05, 0) is 12.8 Å². The summed E-state index contributed by atoms with van der Waals surface area (Å²) in [5.41, 5.74) is 1.36.